The quantitative estimate of drug-likeness (QED) is 0.907. The zero-order chi connectivity index (χ0) is 15.4. The van der Waals surface area contributed by atoms with Crippen LogP contribution in [0.3, 0.4) is 0 Å². The number of carbonyl (C=O) groups excluding carboxylic acids is 1. The van der Waals surface area contributed by atoms with Gasteiger partial charge in [-0.15, -0.1) is 11.3 Å². The molecule has 0 unspecified atom stereocenters. The number of thiazole rings is 1. The van der Waals surface area contributed by atoms with Gasteiger partial charge >= 0.3 is 0 Å². The molecule has 0 radical (unpaired) electrons. The van der Waals surface area contributed by atoms with E-state index in [0.29, 0.717) is 13.0 Å². The van der Waals surface area contributed by atoms with Crippen molar-refractivity contribution >= 4 is 17.2 Å². The number of carbonyl (C=O) groups is 1. The summed E-state index contributed by atoms with van der Waals surface area (Å²) in [5, 5.41) is 4.49. The van der Waals surface area contributed by atoms with Crippen molar-refractivity contribution in [2.75, 3.05) is 20.1 Å². The normalized spacial score (nSPS) is 19.0. The lowest BCUT2D eigenvalue weighted by atomic mass is 9.93. The van der Waals surface area contributed by atoms with E-state index < -0.39 is 0 Å². The Kier molecular flexibility index (Phi) is 5.47. The second-order valence-corrected chi connectivity index (χ2v) is 7.83. The molecular formula is C17H27N3OS. The van der Waals surface area contributed by atoms with Crippen molar-refractivity contribution in [3.8, 4) is 0 Å². The molecule has 0 aromatic carbocycles. The molecule has 0 atom stereocenters. The number of nitrogens with one attached hydrogen (secondary N) is 1. The standard InChI is InChI=1S/C17H27N3OS/c1-20(17(21)7-6-13-8-10-18-11-9-13)12-16-19-14-4-2-3-5-15(14)22-16/h13,18H,2-12H2,1H3. The van der Waals surface area contributed by atoms with E-state index in [1.165, 1.54) is 42.7 Å². The first-order valence-corrected chi connectivity index (χ1v) is 9.46. The zero-order valence-corrected chi connectivity index (χ0v) is 14.4. The van der Waals surface area contributed by atoms with Crippen LogP contribution in [0.25, 0.3) is 0 Å². The molecule has 1 aliphatic carbocycles. The molecule has 122 valence electrons. The summed E-state index contributed by atoms with van der Waals surface area (Å²) in [5.74, 6) is 0.998. The van der Waals surface area contributed by atoms with Gasteiger partial charge in [-0.2, -0.15) is 0 Å². The van der Waals surface area contributed by atoms with Crippen molar-refractivity contribution in [1.29, 1.82) is 0 Å². The minimum Gasteiger partial charge on any atom is -0.339 e. The van der Waals surface area contributed by atoms with E-state index in [1.54, 1.807) is 0 Å². The summed E-state index contributed by atoms with van der Waals surface area (Å²) >= 11 is 1.81. The van der Waals surface area contributed by atoms with Crippen molar-refractivity contribution in [1.82, 2.24) is 15.2 Å². The molecule has 3 rings (SSSR count). The summed E-state index contributed by atoms with van der Waals surface area (Å²) in [6.07, 6.45) is 9.03. The Morgan fingerprint density at radius 1 is 1.32 bits per heavy atom. The molecule has 0 spiro atoms. The van der Waals surface area contributed by atoms with Crippen molar-refractivity contribution in [2.45, 2.75) is 57.9 Å². The highest BCUT2D eigenvalue weighted by atomic mass is 32.1. The molecule has 1 aromatic rings. The van der Waals surface area contributed by atoms with Gasteiger partial charge in [0.15, 0.2) is 0 Å². The van der Waals surface area contributed by atoms with Gasteiger partial charge in [-0.05, 0) is 64.0 Å². The van der Waals surface area contributed by atoms with Crippen LogP contribution < -0.4 is 5.32 Å². The second kappa shape index (κ2) is 7.55. The zero-order valence-electron chi connectivity index (χ0n) is 13.6. The first-order chi connectivity index (χ1) is 10.7. The summed E-state index contributed by atoms with van der Waals surface area (Å²) in [6, 6.07) is 0. The second-order valence-electron chi connectivity index (χ2n) is 6.67. The number of rotatable bonds is 5. The molecule has 1 amide bonds. The molecule has 2 heterocycles. The van der Waals surface area contributed by atoms with Crippen molar-refractivity contribution in [3.63, 3.8) is 0 Å². The van der Waals surface area contributed by atoms with Crippen LogP contribution in [0.5, 0.6) is 0 Å². The summed E-state index contributed by atoms with van der Waals surface area (Å²) in [7, 11) is 1.92. The number of aryl methyl sites for hydroxylation is 2. The van der Waals surface area contributed by atoms with E-state index in [4.69, 9.17) is 4.98 Å². The third-order valence-electron chi connectivity index (χ3n) is 4.91. The monoisotopic (exact) mass is 321 g/mol. The van der Waals surface area contributed by atoms with Gasteiger partial charge in [0.25, 0.3) is 0 Å². The number of piperidine rings is 1. The molecule has 1 aromatic heterocycles. The van der Waals surface area contributed by atoms with Gasteiger partial charge in [-0.25, -0.2) is 4.98 Å². The minimum atomic E-state index is 0.270. The summed E-state index contributed by atoms with van der Waals surface area (Å²) < 4.78 is 0. The number of nitrogens with zero attached hydrogens (tertiary/aromatic N) is 2. The molecule has 2 aliphatic rings. The van der Waals surface area contributed by atoms with E-state index in [9.17, 15) is 4.79 Å². The fourth-order valence-corrected chi connectivity index (χ4v) is 4.66. The van der Waals surface area contributed by atoms with Gasteiger partial charge in [0, 0.05) is 18.3 Å². The van der Waals surface area contributed by atoms with Crippen LogP contribution in [-0.2, 0) is 24.2 Å². The van der Waals surface area contributed by atoms with Crippen molar-refractivity contribution in [3.05, 3.63) is 15.6 Å². The fourth-order valence-electron chi connectivity index (χ4n) is 3.45. The first kappa shape index (κ1) is 15.9. The predicted octanol–water partition coefficient (Wildman–Crippen LogP) is 2.76. The average Bonchev–Trinajstić information content (AvgIpc) is 2.95. The van der Waals surface area contributed by atoms with Gasteiger partial charge in [0.05, 0.1) is 12.2 Å². The van der Waals surface area contributed by atoms with Gasteiger partial charge in [-0.3, -0.25) is 4.79 Å². The third-order valence-corrected chi connectivity index (χ3v) is 6.06. The molecule has 0 saturated carbocycles. The Hall–Kier alpha value is -0.940. The fraction of sp³-hybridized carbons (Fsp3) is 0.765. The summed E-state index contributed by atoms with van der Waals surface area (Å²) in [6.45, 7) is 2.90. The van der Waals surface area contributed by atoms with Crippen molar-refractivity contribution in [2.24, 2.45) is 5.92 Å². The molecule has 1 aliphatic heterocycles. The van der Waals surface area contributed by atoms with Gasteiger partial charge < -0.3 is 10.2 Å². The van der Waals surface area contributed by atoms with Gasteiger partial charge in [0.1, 0.15) is 5.01 Å². The maximum absolute atomic E-state index is 12.3. The number of amides is 1. The van der Waals surface area contributed by atoms with Crippen LogP contribution in [0.1, 0.15) is 54.1 Å². The van der Waals surface area contributed by atoms with E-state index >= 15 is 0 Å². The van der Waals surface area contributed by atoms with Crippen LogP contribution in [0.2, 0.25) is 0 Å². The smallest absolute Gasteiger partial charge is 0.222 e. The van der Waals surface area contributed by atoms with Crippen LogP contribution in [0.15, 0.2) is 0 Å². The lowest BCUT2D eigenvalue weighted by molar-refractivity contribution is -0.130. The van der Waals surface area contributed by atoms with Crippen LogP contribution in [-0.4, -0.2) is 35.9 Å². The van der Waals surface area contributed by atoms with Crippen LogP contribution in [0, 0.1) is 5.92 Å². The number of hydrogen-bond donors (Lipinski definition) is 1. The molecular weight excluding hydrogens is 294 g/mol. The van der Waals surface area contributed by atoms with Crippen LogP contribution in [0.4, 0.5) is 0 Å². The Balaban J connectivity index is 1.47. The number of fused-ring (bicyclic) bond motifs is 1. The minimum absolute atomic E-state index is 0.270. The lowest BCUT2D eigenvalue weighted by Gasteiger charge is -2.23. The highest BCUT2D eigenvalue weighted by molar-refractivity contribution is 7.11. The van der Waals surface area contributed by atoms with E-state index in [0.717, 1.165) is 36.9 Å². The maximum atomic E-state index is 12.3. The molecule has 5 heteroatoms. The van der Waals surface area contributed by atoms with E-state index in [2.05, 4.69) is 5.32 Å². The topological polar surface area (TPSA) is 45.2 Å². The highest BCUT2D eigenvalue weighted by Gasteiger charge is 2.19. The predicted molar refractivity (Wildman–Crippen MR) is 90.1 cm³/mol. The Morgan fingerprint density at radius 3 is 2.86 bits per heavy atom. The van der Waals surface area contributed by atoms with Gasteiger partial charge in [-0.1, -0.05) is 0 Å². The van der Waals surface area contributed by atoms with Crippen LogP contribution >= 0.6 is 11.3 Å². The molecule has 1 saturated heterocycles. The maximum Gasteiger partial charge on any atom is 0.222 e. The largest absolute Gasteiger partial charge is 0.339 e. The third kappa shape index (κ3) is 4.07. The summed E-state index contributed by atoms with van der Waals surface area (Å²) in [5.41, 5.74) is 1.29. The molecule has 1 fully saturated rings. The Bertz CT molecular complexity index is 485. The van der Waals surface area contributed by atoms with E-state index in [1.807, 2.05) is 23.3 Å². The summed E-state index contributed by atoms with van der Waals surface area (Å²) in [4.78, 5) is 20.4. The molecule has 22 heavy (non-hydrogen) atoms. The van der Waals surface area contributed by atoms with Gasteiger partial charge in [0.2, 0.25) is 5.91 Å². The average molecular weight is 321 g/mol. The Labute approximate surface area is 137 Å². The molecule has 4 nitrogen and oxygen atoms in total. The van der Waals surface area contributed by atoms with E-state index in [-0.39, 0.29) is 5.91 Å². The number of aromatic nitrogens is 1. The SMILES string of the molecule is CN(Cc1nc2c(s1)CCCC2)C(=O)CCC1CCNCC1. The lowest BCUT2D eigenvalue weighted by Crippen LogP contribution is -2.30. The highest BCUT2D eigenvalue weighted by Crippen LogP contribution is 2.27. The molecule has 0 bridgehead atoms. The molecule has 1 N–H and O–H groups in total. The number of hydrogen-bond acceptors (Lipinski definition) is 4. The Morgan fingerprint density at radius 2 is 2.09 bits per heavy atom. The van der Waals surface area contributed by atoms with Crippen molar-refractivity contribution < 1.29 is 4.79 Å². The first-order valence-electron chi connectivity index (χ1n) is 8.64.